The summed E-state index contributed by atoms with van der Waals surface area (Å²) in [7, 11) is 1.51. The van der Waals surface area contributed by atoms with Crippen molar-refractivity contribution in [3.05, 3.63) is 41.5 Å². The smallest absolute Gasteiger partial charge is 0.316 e. The van der Waals surface area contributed by atoms with Crippen LogP contribution in [0.3, 0.4) is 0 Å². The second-order valence-corrected chi connectivity index (χ2v) is 6.78. The molecule has 0 atom stereocenters. The predicted octanol–water partition coefficient (Wildman–Crippen LogP) is 2.78. The summed E-state index contributed by atoms with van der Waals surface area (Å²) in [5.41, 5.74) is 2.15. The van der Waals surface area contributed by atoms with Crippen LogP contribution < -0.4 is 10.1 Å². The zero-order chi connectivity index (χ0) is 17.4. The molecule has 3 aromatic heterocycles. The van der Waals surface area contributed by atoms with Crippen LogP contribution in [0.2, 0.25) is 0 Å². The Hall–Kier alpha value is -2.78. The third kappa shape index (κ3) is 2.99. The lowest BCUT2D eigenvalue weighted by Gasteiger charge is -2.02. The van der Waals surface area contributed by atoms with Crippen LogP contribution in [-0.2, 0) is 4.79 Å². The number of carbonyl (C=O) groups is 1. The molecule has 1 N–H and O–H groups in total. The van der Waals surface area contributed by atoms with Gasteiger partial charge in [-0.1, -0.05) is 24.0 Å². The molecule has 1 aliphatic rings. The molecule has 124 valence electrons. The van der Waals surface area contributed by atoms with Gasteiger partial charge in [-0.05, 0) is 6.07 Å². The van der Waals surface area contributed by atoms with Crippen molar-refractivity contribution in [2.75, 3.05) is 7.11 Å². The van der Waals surface area contributed by atoms with Crippen LogP contribution in [0, 0.1) is 0 Å². The number of thiocarbonyl (C=S) groups is 1. The zero-order valence-corrected chi connectivity index (χ0v) is 14.5. The zero-order valence-electron chi connectivity index (χ0n) is 12.8. The molecule has 0 saturated carbocycles. The number of fused-ring (bicyclic) bond motifs is 1. The van der Waals surface area contributed by atoms with Crippen molar-refractivity contribution in [2.24, 2.45) is 0 Å². The van der Waals surface area contributed by atoms with Crippen molar-refractivity contribution in [3.63, 3.8) is 0 Å². The van der Waals surface area contributed by atoms with E-state index in [0.717, 1.165) is 16.5 Å². The van der Waals surface area contributed by atoms with Crippen LogP contribution in [0.5, 0.6) is 6.01 Å². The Morgan fingerprint density at radius 1 is 1.28 bits per heavy atom. The Labute approximate surface area is 151 Å². The van der Waals surface area contributed by atoms with Crippen LogP contribution in [0.25, 0.3) is 28.2 Å². The lowest BCUT2D eigenvalue weighted by molar-refractivity contribution is -0.115. The van der Waals surface area contributed by atoms with Gasteiger partial charge < -0.3 is 14.5 Å². The van der Waals surface area contributed by atoms with Gasteiger partial charge in [-0.2, -0.15) is 0 Å². The van der Waals surface area contributed by atoms with Crippen molar-refractivity contribution >= 4 is 51.3 Å². The summed E-state index contributed by atoms with van der Waals surface area (Å²) in [6.45, 7) is 0. The Morgan fingerprint density at radius 2 is 2.08 bits per heavy atom. The molecule has 0 radical (unpaired) electrons. The molecule has 0 aliphatic carbocycles. The van der Waals surface area contributed by atoms with E-state index in [1.165, 1.54) is 18.9 Å². The van der Waals surface area contributed by atoms with Crippen LogP contribution in [0.15, 0.2) is 40.2 Å². The minimum Gasteiger partial charge on any atom is -0.467 e. The van der Waals surface area contributed by atoms with E-state index in [9.17, 15) is 4.79 Å². The maximum absolute atomic E-state index is 11.8. The van der Waals surface area contributed by atoms with Crippen molar-refractivity contribution in [1.29, 1.82) is 0 Å². The summed E-state index contributed by atoms with van der Waals surface area (Å²) >= 11 is 6.19. The molecule has 4 rings (SSSR count). The van der Waals surface area contributed by atoms with E-state index < -0.39 is 0 Å². The number of nitrogens with one attached hydrogen (secondary N) is 1. The first-order valence-corrected chi connectivity index (χ1v) is 8.35. The number of hydrogen-bond acceptors (Lipinski definition) is 8. The Kier molecular flexibility index (Phi) is 3.94. The fraction of sp³-hybridized carbons (Fsp3) is 0.0625. The third-order valence-electron chi connectivity index (χ3n) is 3.48. The molecule has 1 fully saturated rings. The molecule has 3 aromatic rings. The molecule has 7 nitrogen and oxygen atoms in total. The van der Waals surface area contributed by atoms with Gasteiger partial charge in [-0.15, -0.1) is 0 Å². The van der Waals surface area contributed by atoms with Crippen molar-refractivity contribution < 1.29 is 13.9 Å². The molecule has 1 amide bonds. The van der Waals surface area contributed by atoms with Gasteiger partial charge in [0.05, 0.1) is 12.0 Å². The molecule has 0 bridgehead atoms. The normalized spacial score (nSPS) is 15.8. The van der Waals surface area contributed by atoms with Gasteiger partial charge in [-0.3, -0.25) is 9.78 Å². The highest BCUT2D eigenvalue weighted by atomic mass is 32.2. The average Bonchev–Trinajstić information content (AvgIpc) is 3.17. The van der Waals surface area contributed by atoms with Gasteiger partial charge in [0.2, 0.25) is 0 Å². The molecule has 1 aliphatic heterocycles. The van der Waals surface area contributed by atoms with Crippen LogP contribution in [0.4, 0.5) is 0 Å². The molecule has 0 spiro atoms. The second kappa shape index (κ2) is 6.26. The van der Waals surface area contributed by atoms with Gasteiger partial charge >= 0.3 is 6.01 Å². The lowest BCUT2D eigenvalue weighted by atomic mass is 10.1. The first-order valence-electron chi connectivity index (χ1n) is 7.13. The molecule has 4 heterocycles. The summed E-state index contributed by atoms with van der Waals surface area (Å²) in [5, 5.41) is 3.38. The number of pyridine rings is 1. The van der Waals surface area contributed by atoms with Crippen LogP contribution in [-0.4, -0.2) is 32.3 Å². The van der Waals surface area contributed by atoms with E-state index in [2.05, 4.69) is 20.3 Å². The molecule has 25 heavy (non-hydrogen) atoms. The van der Waals surface area contributed by atoms with Crippen LogP contribution in [0.1, 0.15) is 5.76 Å². The van der Waals surface area contributed by atoms with Gasteiger partial charge in [0.25, 0.3) is 5.91 Å². The van der Waals surface area contributed by atoms with Crippen molar-refractivity contribution in [2.45, 2.75) is 0 Å². The summed E-state index contributed by atoms with van der Waals surface area (Å²) in [4.78, 5) is 24.7. The van der Waals surface area contributed by atoms with Gasteiger partial charge in [0.1, 0.15) is 15.7 Å². The number of ether oxygens (including phenoxy) is 1. The van der Waals surface area contributed by atoms with Crippen molar-refractivity contribution in [1.82, 2.24) is 20.3 Å². The highest BCUT2D eigenvalue weighted by Gasteiger charge is 2.23. The number of carbonyl (C=O) groups excluding carboxylic acids is 1. The first-order chi connectivity index (χ1) is 12.1. The summed E-state index contributed by atoms with van der Waals surface area (Å²) < 4.78 is 11.3. The monoisotopic (exact) mass is 370 g/mol. The number of rotatable bonds is 3. The largest absolute Gasteiger partial charge is 0.467 e. The SMILES string of the molecule is COc1ncc(-c2cncc3cc(/C=C4/SC(=S)NC4=O)oc23)cn1. The average molecular weight is 370 g/mol. The van der Waals surface area contributed by atoms with E-state index >= 15 is 0 Å². The van der Waals surface area contributed by atoms with E-state index in [4.69, 9.17) is 21.4 Å². The van der Waals surface area contributed by atoms with Gasteiger partial charge in [-0.25, -0.2) is 9.97 Å². The number of amides is 1. The summed E-state index contributed by atoms with van der Waals surface area (Å²) in [6, 6.07) is 2.10. The number of nitrogens with zero attached hydrogens (tertiary/aromatic N) is 3. The number of hydrogen-bond donors (Lipinski definition) is 1. The number of thioether (sulfide) groups is 1. The maximum atomic E-state index is 11.8. The quantitative estimate of drug-likeness (QED) is 0.556. The fourth-order valence-corrected chi connectivity index (χ4v) is 3.39. The van der Waals surface area contributed by atoms with Crippen molar-refractivity contribution in [3.8, 4) is 17.1 Å². The Balaban J connectivity index is 1.77. The second-order valence-electron chi connectivity index (χ2n) is 5.06. The molecule has 9 heteroatoms. The molecule has 0 unspecified atom stereocenters. The minimum absolute atomic E-state index is 0.225. The Bertz CT molecular complexity index is 1030. The molecule has 1 saturated heterocycles. The van der Waals surface area contributed by atoms with Crippen LogP contribution >= 0.6 is 24.0 Å². The minimum atomic E-state index is -0.225. The van der Waals surface area contributed by atoms with E-state index in [1.54, 1.807) is 30.9 Å². The summed E-state index contributed by atoms with van der Waals surface area (Å²) in [6.07, 6.45) is 8.32. The predicted molar refractivity (Wildman–Crippen MR) is 97.9 cm³/mol. The van der Waals surface area contributed by atoms with Gasteiger partial charge in [0.15, 0.2) is 0 Å². The van der Waals surface area contributed by atoms with E-state index in [-0.39, 0.29) is 11.9 Å². The summed E-state index contributed by atoms with van der Waals surface area (Å²) in [5.74, 6) is 0.318. The lowest BCUT2D eigenvalue weighted by Crippen LogP contribution is -2.17. The highest BCUT2D eigenvalue weighted by Crippen LogP contribution is 2.32. The molecular weight excluding hydrogens is 360 g/mol. The molecular formula is C16H10N4O3S2. The first kappa shape index (κ1) is 15.7. The molecule has 0 aromatic carbocycles. The van der Waals surface area contributed by atoms with E-state index in [0.29, 0.717) is 20.6 Å². The standard InChI is InChI=1S/C16H10N4O3S2/c1-22-15-18-5-9(6-19-15)11-7-17-4-8-2-10(23-13(8)11)3-12-14(21)20-16(24)25-12/h2-7H,1H3,(H,20,21,24)/b12-3+. The topological polar surface area (TPSA) is 90.1 Å². The maximum Gasteiger partial charge on any atom is 0.316 e. The van der Waals surface area contributed by atoms with Gasteiger partial charge in [0, 0.05) is 47.4 Å². The third-order valence-corrected chi connectivity index (χ3v) is 4.64. The number of aromatic nitrogens is 3. The Morgan fingerprint density at radius 3 is 2.76 bits per heavy atom. The highest BCUT2D eigenvalue weighted by molar-refractivity contribution is 8.26. The van der Waals surface area contributed by atoms with E-state index in [1.807, 2.05) is 6.07 Å². The number of methoxy groups -OCH3 is 1. The number of furan rings is 1. The fourth-order valence-electron chi connectivity index (χ4n) is 2.37.